The first-order chi connectivity index (χ1) is 15.2. The van der Waals surface area contributed by atoms with Gasteiger partial charge < -0.3 is 19.7 Å². The fraction of sp³-hybridized carbons (Fsp3) is 0.696. The maximum absolute atomic E-state index is 13.2. The Morgan fingerprint density at radius 2 is 1.91 bits per heavy atom. The summed E-state index contributed by atoms with van der Waals surface area (Å²) in [6, 6.07) is 4.95. The fourth-order valence-corrected chi connectivity index (χ4v) is 5.92. The number of likely N-dealkylation sites (N-methyl/N-ethyl adjacent to an activating group) is 1. The van der Waals surface area contributed by atoms with Crippen molar-refractivity contribution in [2.24, 2.45) is 5.92 Å². The van der Waals surface area contributed by atoms with Gasteiger partial charge in [-0.25, -0.2) is 8.42 Å². The Bertz CT molecular complexity index is 886. The van der Waals surface area contributed by atoms with E-state index in [1.165, 1.54) is 0 Å². The first-order valence-corrected chi connectivity index (χ1v) is 13.1. The zero-order valence-electron chi connectivity index (χ0n) is 19.6. The van der Waals surface area contributed by atoms with Crippen LogP contribution in [-0.4, -0.2) is 70.5 Å². The summed E-state index contributed by atoms with van der Waals surface area (Å²) in [5.74, 6) is 0.409. The molecule has 2 aliphatic rings. The van der Waals surface area contributed by atoms with Gasteiger partial charge in [0.1, 0.15) is 12.4 Å². The molecule has 0 radical (unpaired) electrons. The van der Waals surface area contributed by atoms with Crippen molar-refractivity contribution in [2.45, 2.75) is 63.3 Å². The van der Waals surface area contributed by atoms with Gasteiger partial charge in [0.2, 0.25) is 10.0 Å². The normalized spacial score (nSPS) is 26.4. The first-order valence-electron chi connectivity index (χ1n) is 11.5. The van der Waals surface area contributed by atoms with Crippen molar-refractivity contribution in [2.75, 3.05) is 38.6 Å². The summed E-state index contributed by atoms with van der Waals surface area (Å²) in [7, 11) is -0.0789. The molecular formula is C23H37N3O5S. The molecule has 3 atom stereocenters. The van der Waals surface area contributed by atoms with Crippen LogP contribution in [0.5, 0.6) is 5.75 Å². The minimum atomic E-state index is -3.48. The van der Waals surface area contributed by atoms with Crippen LogP contribution in [0.15, 0.2) is 18.2 Å². The zero-order chi connectivity index (χ0) is 23.3. The van der Waals surface area contributed by atoms with Gasteiger partial charge in [0.05, 0.1) is 22.6 Å². The lowest BCUT2D eigenvalue weighted by Crippen LogP contribution is -2.44. The van der Waals surface area contributed by atoms with Gasteiger partial charge in [0, 0.05) is 39.4 Å². The lowest BCUT2D eigenvalue weighted by molar-refractivity contribution is 0.0281. The number of amides is 1. The summed E-state index contributed by atoms with van der Waals surface area (Å²) in [5, 5.41) is 3.08. The maximum atomic E-state index is 13.2. The number of hydrogen-bond donors (Lipinski definition) is 2. The molecule has 0 bridgehead atoms. The Morgan fingerprint density at radius 3 is 2.59 bits per heavy atom. The van der Waals surface area contributed by atoms with Crippen LogP contribution < -0.4 is 14.8 Å². The molecule has 0 aromatic heterocycles. The van der Waals surface area contributed by atoms with E-state index in [0.29, 0.717) is 43.0 Å². The van der Waals surface area contributed by atoms with Crippen LogP contribution >= 0.6 is 0 Å². The summed E-state index contributed by atoms with van der Waals surface area (Å²) >= 11 is 0. The van der Waals surface area contributed by atoms with Gasteiger partial charge in [-0.3, -0.25) is 9.52 Å². The summed E-state index contributed by atoms with van der Waals surface area (Å²) in [5.41, 5.74) is 0.823. The number of carbonyl (C=O) groups is 1. The SMILES string of the molecule is CO[C@H]1CN(C)C(=O)c2ccc(NS(=O)(=O)C3CCCCC3)cc2OC[C@H](C)NC[C@@H]1C. The zero-order valence-corrected chi connectivity index (χ0v) is 20.4. The largest absolute Gasteiger partial charge is 0.491 e. The molecule has 1 aromatic rings. The van der Waals surface area contributed by atoms with Crippen LogP contribution in [0.1, 0.15) is 56.3 Å². The van der Waals surface area contributed by atoms with Gasteiger partial charge in [-0.1, -0.05) is 26.2 Å². The Hall–Kier alpha value is -1.84. The monoisotopic (exact) mass is 467 g/mol. The molecule has 1 aliphatic carbocycles. The van der Waals surface area contributed by atoms with Crippen molar-refractivity contribution in [3.8, 4) is 5.75 Å². The van der Waals surface area contributed by atoms with E-state index in [0.717, 1.165) is 25.8 Å². The highest BCUT2D eigenvalue weighted by Gasteiger charge is 2.29. The third-order valence-electron chi connectivity index (χ3n) is 6.48. The second-order valence-corrected chi connectivity index (χ2v) is 11.1. The van der Waals surface area contributed by atoms with Crippen LogP contribution in [0.4, 0.5) is 5.69 Å². The Kier molecular flexibility index (Phi) is 8.41. The number of carbonyl (C=O) groups excluding carboxylic acids is 1. The molecule has 2 N–H and O–H groups in total. The van der Waals surface area contributed by atoms with Crippen molar-refractivity contribution in [1.82, 2.24) is 10.2 Å². The number of hydrogen-bond acceptors (Lipinski definition) is 6. The average molecular weight is 468 g/mol. The molecule has 1 aromatic carbocycles. The number of anilines is 1. The van der Waals surface area contributed by atoms with E-state index >= 15 is 0 Å². The van der Waals surface area contributed by atoms with Crippen LogP contribution in [0.25, 0.3) is 0 Å². The Labute approximate surface area is 192 Å². The third-order valence-corrected chi connectivity index (χ3v) is 8.35. The second-order valence-electron chi connectivity index (χ2n) is 9.18. The number of fused-ring (bicyclic) bond motifs is 1. The molecule has 180 valence electrons. The van der Waals surface area contributed by atoms with Crippen molar-refractivity contribution in [1.29, 1.82) is 0 Å². The molecule has 0 unspecified atom stereocenters. The quantitative estimate of drug-likeness (QED) is 0.707. The molecule has 3 rings (SSSR count). The number of methoxy groups -OCH3 is 1. The van der Waals surface area contributed by atoms with Crippen LogP contribution in [0.2, 0.25) is 0 Å². The van der Waals surface area contributed by atoms with Crippen LogP contribution in [-0.2, 0) is 14.8 Å². The lowest BCUT2D eigenvalue weighted by atomic mass is 10.0. The Morgan fingerprint density at radius 1 is 1.19 bits per heavy atom. The van der Waals surface area contributed by atoms with E-state index < -0.39 is 10.0 Å². The van der Waals surface area contributed by atoms with Crippen LogP contribution in [0.3, 0.4) is 0 Å². The summed E-state index contributed by atoms with van der Waals surface area (Å²) in [6.45, 7) is 5.65. The molecule has 32 heavy (non-hydrogen) atoms. The van der Waals surface area contributed by atoms with Crippen molar-refractivity contribution in [3.05, 3.63) is 23.8 Å². The average Bonchev–Trinajstić information content (AvgIpc) is 2.78. The molecule has 9 heteroatoms. The van der Waals surface area contributed by atoms with Gasteiger partial charge >= 0.3 is 0 Å². The summed E-state index contributed by atoms with van der Waals surface area (Å²) in [6.07, 6.45) is 4.22. The molecule has 1 amide bonds. The second kappa shape index (κ2) is 10.9. The minimum Gasteiger partial charge on any atom is -0.491 e. The van der Waals surface area contributed by atoms with Gasteiger partial charge in [-0.05, 0) is 37.8 Å². The standard InChI is InChI=1S/C23H37N3O5S/c1-16-13-24-17(2)15-31-21-12-18(25-32(28,29)19-8-6-5-7-9-19)10-11-20(21)23(27)26(3)14-22(16)30-4/h10-12,16-17,19,22,24-25H,5-9,13-15H2,1-4H3/t16-,17-,22-/m0/s1. The molecule has 1 heterocycles. The summed E-state index contributed by atoms with van der Waals surface area (Å²) < 4.78 is 40.1. The van der Waals surface area contributed by atoms with E-state index in [9.17, 15) is 13.2 Å². The number of nitrogens with one attached hydrogen (secondary N) is 2. The molecule has 1 aliphatic heterocycles. The van der Waals surface area contributed by atoms with Gasteiger partial charge in [0.25, 0.3) is 5.91 Å². The molecule has 8 nitrogen and oxygen atoms in total. The summed E-state index contributed by atoms with van der Waals surface area (Å²) in [4.78, 5) is 14.8. The molecule has 1 fully saturated rings. The van der Waals surface area contributed by atoms with E-state index in [-0.39, 0.29) is 29.2 Å². The smallest absolute Gasteiger partial charge is 0.257 e. The van der Waals surface area contributed by atoms with Crippen molar-refractivity contribution < 1.29 is 22.7 Å². The maximum Gasteiger partial charge on any atom is 0.257 e. The number of rotatable bonds is 4. The molecule has 1 saturated carbocycles. The Balaban J connectivity index is 1.86. The highest BCUT2D eigenvalue weighted by atomic mass is 32.2. The van der Waals surface area contributed by atoms with E-state index in [1.54, 1.807) is 37.3 Å². The van der Waals surface area contributed by atoms with E-state index in [1.807, 2.05) is 6.92 Å². The lowest BCUT2D eigenvalue weighted by Gasteiger charge is -2.30. The topological polar surface area (TPSA) is 97.0 Å². The number of ether oxygens (including phenoxy) is 2. The van der Waals surface area contributed by atoms with E-state index in [2.05, 4.69) is 17.0 Å². The molecule has 0 saturated heterocycles. The number of sulfonamides is 1. The van der Waals surface area contributed by atoms with Gasteiger partial charge in [-0.15, -0.1) is 0 Å². The molecular weight excluding hydrogens is 430 g/mol. The third kappa shape index (κ3) is 6.14. The fourth-order valence-electron chi connectivity index (χ4n) is 4.34. The highest BCUT2D eigenvalue weighted by molar-refractivity contribution is 7.93. The van der Waals surface area contributed by atoms with Crippen molar-refractivity contribution >= 4 is 21.6 Å². The minimum absolute atomic E-state index is 0.0534. The highest BCUT2D eigenvalue weighted by Crippen LogP contribution is 2.29. The number of benzene rings is 1. The van der Waals surface area contributed by atoms with Crippen LogP contribution in [0, 0.1) is 5.92 Å². The predicted octanol–water partition coefficient (Wildman–Crippen LogP) is 2.85. The van der Waals surface area contributed by atoms with Gasteiger partial charge in [-0.2, -0.15) is 0 Å². The number of nitrogens with zero attached hydrogens (tertiary/aromatic N) is 1. The molecule has 0 spiro atoms. The van der Waals surface area contributed by atoms with Crippen molar-refractivity contribution in [3.63, 3.8) is 0 Å². The predicted molar refractivity (Wildman–Crippen MR) is 126 cm³/mol. The first kappa shape index (κ1) is 24.8. The van der Waals surface area contributed by atoms with Gasteiger partial charge in [0.15, 0.2) is 0 Å². The van der Waals surface area contributed by atoms with E-state index in [4.69, 9.17) is 9.47 Å².